The van der Waals surface area contributed by atoms with Crippen LogP contribution in [-0.2, 0) is 53.2 Å². The Labute approximate surface area is 287 Å². The molecule has 0 saturated carbocycles. The van der Waals surface area contributed by atoms with Crippen LogP contribution in [0.4, 0.5) is 0 Å². The van der Waals surface area contributed by atoms with E-state index in [4.69, 9.17) is 14.2 Å². The average molecular weight is 675 g/mol. The molecule has 12 nitrogen and oxygen atoms in total. The van der Waals surface area contributed by atoms with E-state index in [2.05, 4.69) is 5.32 Å². The standard InChI is InChI=1S/C37H46N4O8/c42-34(43)24-41-21-20-39(25-36(45)48-28-31-12-6-2-7-13-31)18-16-38-17-19-40(26-37(46)49-29-32-14-8-3-9-15-32)23-33(41)22-35(44)47-27-30-10-4-1-5-11-30/h1-15,33,38H,16-29H2,(H,42,43). The average Bonchev–Trinajstić information content (AvgIpc) is 3.10. The molecular formula is C37H46N4O8. The summed E-state index contributed by atoms with van der Waals surface area (Å²) in [6.45, 7) is 2.87. The second-order valence-corrected chi connectivity index (χ2v) is 11.9. The number of nitrogens with one attached hydrogen (secondary N) is 1. The van der Waals surface area contributed by atoms with Crippen molar-refractivity contribution in [2.45, 2.75) is 32.3 Å². The summed E-state index contributed by atoms with van der Waals surface area (Å²) in [6.07, 6.45) is -0.0950. The molecule has 4 rings (SSSR count). The fourth-order valence-electron chi connectivity index (χ4n) is 5.47. The Balaban J connectivity index is 1.45. The highest BCUT2D eigenvalue weighted by molar-refractivity contribution is 5.73. The number of nitrogens with zero attached hydrogens (tertiary/aromatic N) is 3. The number of rotatable bonds is 14. The fourth-order valence-corrected chi connectivity index (χ4v) is 5.47. The first-order valence-electron chi connectivity index (χ1n) is 16.5. The maximum Gasteiger partial charge on any atom is 0.320 e. The maximum absolute atomic E-state index is 13.2. The van der Waals surface area contributed by atoms with Gasteiger partial charge in [0.25, 0.3) is 0 Å². The van der Waals surface area contributed by atoms with Crippen molar-refractivity contribution in [2.75, 3.05) is 65.4 Å². The van der Waals surface area contributed by atoms with Crippen LogP contribution in [0.3, 0.4) is 0 Å². The van der Waals surface area contributed by atoms with Gasteiger partial charge >= 0.3 is 23.9 Å². The molecule has 3 aromatic carbocycles. The molecule has 1 aliphatic rings. The summed E-state index contributed by atoms with van der Waals surface area (Å²) < 4.78 is 16.6. The Bertz CT molecular complexity index is 1440. The minimum absolute atomic E-state index is 0.0264. The van der Waals surface area contributed by atoms with Gasteiger partial charge < -0.3 is 24.6 Å². The Morgan fingerprint density at radius 3 is 1.53 bits per heavy atom. The molecule has 1 fully saturated rings. The van der Waals surface area contributed by atoms with Crippen molar-refractivity contribution in [3.63, 3.8) is 0 Å². The highest BCUT2D eigenvalue weighted by atomic mass is 16.5. The van der Waals surface area contributed by atoms with Crippen molar-refractivity contribution >= 4 is 23.9 Å². The Hall–Kier alpha value is -4.62. The molecule has 0 aromatic heterocycles. The van der Waals surface area contributed by atoms with Crippen molar-refractivity contribution in [1.82, 2.24) is 20.0 Å². The van der Waals surface area contributed by atoms with Gasteiger partial charge in [0.15, 0.2) is 0 Å². The number of carboxylic acid groups (broad SMARTS) is 1. The van der Waals surface area contributed by atoms with Gasteiger partial charge in [-0.15, -0.1) is 0 Å². The number of carbonyl (C=O) groups is 4. The number of esters is 3. The van der Waals surface area contributed by atoms with Gasteiger partial charge in [0.2, 0.25) is 0 Å². The maximum atomic E-state index is 13.2. The number of benzene rings is 3. The second kappa shape index (κ2) is 20.7. The number of carbonyl (C=O) groups excluding carboxylic acids is 3. The monoisotopic (exact) mass is 674 g/mol. The van der Waals surface area contributed by atoms with Crippen LogP contribution in [0, 0.1) is 0 Å². The quantitative estimate of drug-likeness (QED) is 0.192. The van der Waals surface area contributed by atoms with Crippen LogP contribution in [-0.4, -0.2) is 115 Å². The predicted octanol–water partition coefficient (Wildman–Crippen LogP) is 2.57. The molecule has 0 radical (unpaired) electrons. The number of hydrogen-bond acceptors (Lipinski definition) is 11. The molecule has 0 bridgehead atoms. The van der Waals surface area contributed by atoms with Crippen molar-refractivity contribution in [3.05, 3.63) is 108 Å². The lowest BCUT2D eigenvalue weighted by molar-refractivity contribution is -0.149. The molecule has 0 amide bonds. The first kappa shape index (κ1) is 37.2. The van der Waals surface area contributed by atoms with Gasteiger partial charge in [-0.3, -0.25) is 33.9 Å². The van der Waals surface area contributed by atoms with E-state index in [1.54, 1.807) is 4.90 Å². The van der Waals surface area contributed by atoms with Crippen molar-refractivity contribution < 1.29 is 38.5 Å². The predicted molar refractivity (Wildman–Crippen MR) is 182 cm³/mol. The van der Waals surface area contributed by atoms with Gasteiger partial charge in [0.1, 0.15) is 19.8 Å². The van der Waals surface area contributed by atoms with Crippen LogP contribution in [0.25, 0.3) is 0 Å². The second-order valence-electron chi connectivity index (χ2n) is 11.9. The summed E-state index contributed by atoms with van der Waals surface area (Å²) in [5.74, 6) is -2.35. The van der Waals surface area contributed by atoms with Crippen LogP contribution >= 0.6 is 0 Å². The summed E-state index contributed by atoms with van der Waals surface area (Å²) in [5.41, 5.74) is 2.58. The lowest BCUT2D eigenvalue weighted by atomic mass is 10.1. The van der Waals surface area contributed by atoms with Crippen LogP contribution < -0.4 is 5.32 Å². The van der Waals surface area contributed by atoms with E-state index in [9.17, 15) is 24.3 Å². The van der Waals surface area contributed by atoms with Crippen LogP contribution in [0.1, 0.15) is 23.1 Å². The van der Waals surface area contributed by atoms with Crippen LogP contribution in [0.5, 0.6) is 0 Å². The van der Waals surface area contributed by atoms with E-state index in [-0.39, 0.29) is 64.9 Å². The van der Waals surface area contributed by atoms with Gasteiger partial charge in [-0.25, -0.2) is 0 Å². The topological polar surface area (TPSA) is 138 Å². The molecule has 262 valence electrons. The SMILES string of the molecule is O=C(O)CN1CCN(CC(=O)OCc2ccccc2)CCNCCN(CC(=O)OCc2ccccc2)CC1CC(=O)OCc1ccccc1. The smallest absolute Gasteiger partial charge is 0.320 e. The van der Waals surface area contributed by atoms with E-state index in [1.807, 2.05) is 101 Å². The molecule has 0 aliphatic carbocycles. The minimum Gasteiger partial charge on any atom is -0.480 e. The van der Waals surface area contributed by atoms with Gasteiger partial charge in [0, 0.05) is 51.9 Å². The summed E-state index contributed by atoms with van der Waals surface area (Å²) in [5, 5.41) is 13.3. The molecule has 49 heavy (non-hydrogen) atoms. The zero-order valence-electron chi connectivity index (χ0n) is 27.8. The highest BCUT2D eigenvalue weighted by Crippen LogP contribution is 2.13. The number of aliphatic carboxylic acids is 1. The third-order valence-corrected chi connectivity index (χ3v) is 8.07. The summed E-state index contributed by atoms with van der Waals surface area (Å²) in [6, 6.07) is 27.5. The Morgan fingerprint density at radius 2 is 1.04 bits per heavy atom. The highest BCUT2D eigenvalue weighted by Gasteiger charge is 2.29. The van der Waals surface area contributed by atoms with Gasteiger partial charge in [-0.1, -0.05) is 91.0 Å². The molecule has 1 aliphatic heterocycles. The summed E-state index contributed by atoms with van der Waals surface area (Å²) >= 11 is 0. The molecule has 1 saturated heterocycles. The summed E-state index contributed by atoms with van der Waals surface area (Å²) in [7, 11) is 0. The van der Waals surface area contributed by atoms with Crippen molar-refractivity contribution in [1.29, 1.82) is 0 Å². The zero-order chi connectivity index (χ0) is 34.7. The van der Waals surface area contributed by atoms with Gasteiger partial charge in [0.05, 0.1) is 26.1 Å². The molecule has 2 N–H and O–H groups in total. The van der Waals surface area contributed by atoms with Crippen molar-refractivity contribution in [3.8, 4) is 0 Å². The largest absolute Gasteiger partial charge is 0.480 e. The first-order chi connectivity index (χ1) is 23.8. The van der Waals surface area contributed by atoms with E-state index in [1.165, 1.54) is 0 Å². The van der Waals surface area contributed by atoms with E-state index in [0.717, 1.165) is 16.7 Å². The zero-order valence-corrected chi connectivity index (χ0v) is 27.8. The van der Waals surface area contributed by atoms with Crippen molar-refractivity contribution in [2.24, 2.45) is 0 Å². The Kier molecular flexibility index (Phi) is 15.7. The lowest BCUT2D eigenvalue weighted by Crippen LogP contribution is -2.53. The Morgan fingerprint density at radius 1 is 0.592 bits per heavy atom. The van der Waals surface area contributed by atoms with Gasteiger partial charge in [-0.2, -0.15) is 0 Å². The number of carboxylic acids is 1. The summed E-state index contributed by atoms with van der Waals surface area (Å²) in [4.78, 5) is 56.6. The lowest BCUT2D eigenvalue weighted by Gasteiger charge is -2.36. The van der Waals surface area contributed by atoms with Gasteiger partial charge in [-0.05, 0) is 16.7 Å². The fraction of sp³-hybridized carbons (Fsp3) is 0.405. The number of hydrogen-bond donors (Lipinski definition) is 2. The third kappa shape index (κ3) is 14.6. The third-order valence-electron chi connectivity index (χ3n) is 8.07. The van der Waals surface area contributed by atoms with E-state index >= 15 is 0 Å². The minimum atomic E-state index is -1.06. The van der Waals surface area contributed by atoms with E-state index < -0.39 is 23.9 Å². The molecule has 12 heteroatoms. The van der Waals surface area contributed by atoms with Crippen LogP contribution in [0.15, 0.2) is 91.0 Å². The van der Waals surface area contributed by atoms with E-state index in [0.29, 0.717) is 32.7 Å². The normalized spacial score (nSPS) is 16.9. The number of ether oxygens (including phenoxy) is 3. The van der Waals surface area contributed by atoms with Crippen LogP contribution in [0.2, 0.25) is 0 Å². The molecule has 0 spiro atoms. The molecule has 1 unspecified atom stereocenters. The molecule has 1 atom stereocenters. The molecule has 1 heterocycles. The molecule has 3 aromatic rings. The first-order valence-corrected chi connectivity index (χ1v) is 16.5. The molecular weight excluding hydrogens is 628 g/mol.